The lowest BCUT2D eigenvalue weighted by Gasteiger charge is -2.08. The van der Waals surface area contributed by atoms with Gasteiger partial charge < -0.3 is 10.4 Å². The van der Waals surface area contributed by atoms with Gasteiger partial charge in [-0.2, -0.15) is 0 Å². The molecule has 0 unspecified atom stereocenters. The van der Waals surface area contributed by atoms with Crippen LogP contribution in [0.4, 0.5) is 11.5 Å². The predicted octanol–water partition coefficient (Wildman–Crippen LogP) is 4.50. The third kappa shape index (κ3) is 2.66. The number of imidazole rings is 1. The summed E-state index contributed by atoms with van der Waals surface area (Å²) in [6.07, 6.45) is 5.31. The van der Waals surface area contributed by atoms with Crippen LogP contribution in [-0.2, 0) is 0 Å². The summed E-state index contributed by atoms with van der Waals surface area (Å²) in [6, 6.07) is 14.5. The number of anilines is 2. The molecule has 0 aliphatic carbocycles. The normalized spacial score (nSPS) is 10.9. The van der Waals surface area contributed by atoms with Crippen molar-refractivity contribution in [2.45, 2.75) is 0 Å². The summed E-state index contributed by atoms with van der Waals surface area (Å²) in [4.78, 5) is 8.84. The minimum atomic E-state index is 0.219. The van der Waals surface area contributed by atoms with E-state index in [0.717, 1.165) is 16.9 Å². The molecule has 0 fully saturated rings. The van der Waals surface area contributed by atoms with Gasteiger partial charge in [0.05, 0.1) is 11.9 Å². The lowest BCUT2D eigenvalue weighted by Crippen LogP contribution is -1.98. The van der Waals surface area contributed by atoms with E-state index in [1.807, 2.05) is 40.9 Å². The number of nitrogens with zero attached hydrogens (tertiary/aromatic N) is 3. The van der Waals surface area contributed by atoms with Gasteiger partial charge in [-0.15, -0.1) is 0 Å². The zero-order chi connectivity index (χ0) is 16.5. The van der Waals surface area contributed by atoms with E-state index in [1.54, 1.807) is 30.6 Å². The van der Waals surface area contributed by atoms with Gasteiger partial charge in [0.25, 0.3) is 0 Å². The van der Waals surface area contributed by atoms with Gasteiger partial charge in [-0.3, -0.25) is 4.40 Å². The number of halogens is 1. The monoisotopic (exact) mass is 336 g/mol. The van der Waals surface area contributed by atoms with Crippen LogP contribution in [0.1, 0.15) is 0 Å². The van der Waals surface area contributed by atoms with E-state index >= 15 is 0 Å². The predicted molar refractivity (Wildman–Crippen MR) is 94.8 cm³/mol. The highest BCUT2D eigenvalue weighted by Crippen LogP contribution is 2.27. The van der Waals surface area contributed by atoms with Crippen molar-refractivity contribution in [3.63, 3.8) is 0 Å². The smallest absolute Gasteiger partial charge is 0.180 e. The number of hydrogen-bond donors (Lipinski definition) is 2. The van der Waals surface area contributed by atoms with Crippen molar-refractivity contribution in [1.82, 2.24) is 14.4 Å². The van der Waals surface area contributed by atoms with Gasteiger partial charge in [0.2, 0.25) is 0 Å². The van der Waals surface area contributed by atoms with Crippen LogP contribution >= 0.6 is 11.6 Å². The van der Waals surface area contributed by atoms with Gasteiger partial charge >= 0.3 is 0 Å². The zero-order valence-electron chi connectivity index (χ0n) is 12.5. The highest BCUT2D eigenvalue weighted by Gasteiger charge is 2.11. The first kappa shape index (κ1) is 14.5. The zero-order valence-corrected chi connectivity index (χ0v) is 13.3. The Labute approximate surface area is 143 Å². The van der Waals surface area contributed by atoms with Crippen molar-refractivity contribution < 1.29 is 5.11 Å². The number of fused-ring (bicyclic) bond motifs is 1. The number of nitrogens with one attached hydrogen (secondary N) is 1. The van der Waals surface area contributed by atoms with Crippen molar-refractivity contribution in [3.8, 4) is 17.0 Å². The first-order chi connectivity index (χ1) is 11.7. The van der Waals surface area contributed by atoms with E-state index in [-0.39, 0.29) is 5.75 Å². The van der Waals surface area contributed by atoms with Crippen LogP contribution in [0.2, 0.25) is 5.02 Å². The molecule has 4 rings (SSSR count). The SMILES string of the molecule is Oc1cccc(-c2cnc3c(Nc4ccc(Cl)cc4)nccn23)c1. The van der Waals surface area contributed by atoms with Crippen LogP contribution in [0.5, 0.6) is 5.75 Å². The van der Waals surface area contributed by atoms with Gasteiger partial charge in [-0.05, 0) is 36.4 Å². The van der Waals surface area contributed by atoms with Crippen LogP contribution in [0, 0.1) is 0 Å². The summed E-state index contributed by atoms with van der Waals surface area (Å²) in [5.41, 5.74) is 3.33. The summed E-state index contributed by atoms with van der Waals surface area (Å²) in [6.45, 7) is 0. The second kappa shape index (κ2) is 5.86. The summed E-state index contributed by atoms with van der Waals surface area (Å²) >= 11 is 5.91. The van der Waals surface area contributed by atoms with Gasteiger partial charge in [0.1, 0.15) is 5.75 Å². The van der Waals surface area contributed by atoms with Crippen LogP contribution < -0.4 is 5.32 Å². The molecule has 118 valence electrons. The first-order valence-electron chi connectivity index (χ1n) is 7.35. The highest BCUT2D eigenvalue weighted by molar-refractivity contribution is 6.30. The molecule has 0 saturated carbocycles. The number of rotatable bonds is 3. The van der Waals surface area contributed by atoms with Gasteiger partial charge in [0.15, 0.2) is 11.5 Å². The Morgan fingerprint density at radius 3 is 2.67 bits per heavy atom. The largest absolute Gasteiger partial charge is 0.508 e. The molecule has 5 nitrogen and oxygen atoms in total. The van der Waals surface area contributed by atoms with Crippen LogP contribution in [0.25, 0.3) is 16.9 Å². The number of aromatic nitrogens is 3. The quantitative estimate of drug-likeness (QED) is 0.578. The molecule has 0 amide bonds. The molecule has 2 aromatic heterocycles. The molecule has 0 spiro atoms. The van der Waals surface area contributed by atoms with E-state index in [1.165, 1.54) is 0 Å². The minimum Gasteiger partial charge on any atom is -0.508 e. The molecule has 6 heteroatoms. The molecular weight excluding hydrogens is 324 g/mol. The second-order valence-electron chi connectivity index (χ2n) is 5.30. The molecule has 4 aromatic rings. The fourth-order valence-corrected chi connectivity index (χ4v) is 2.68. The highest BCUT2D eigenvalue weighted by atomic mass is 35.5. The van der Waals surface area contributed by atoms with Crippen molar-refractivity contribution in [2.75, 3.05) is 5.32 Å². The molecule has 0 saturated heterocycles. The molecule has 24 heavy (non-hydrogen) atoms. The maximum absolute atomic E-state index is 9.69. The van der Waals surface area contributed by atoms with Crippen molar-refractivity contribution >= 4 is 28.8 Å². The first-order valence-corrected chi connectivity index (χ1v) is 7.72. The number of phenolic OH excluding ortho intramolecular Hbond substituents is 1. The second-order valence-corrected chi connectivity index (χ2v) is 5.73. The van der Waals surface area contributed by atoms with Crippen molar-refractivity contribution in [3.05, 3.63) is 72.1 Å². The third-order valence-electron chi connectivity index (χ3n) is 3.68. The molecule has 0 radical (unpaired) electrons. The van der Waals surface area contributed by atoms with Gasteiger partial charge in [-0.25, -0.2) is 9.97 Å². The number of phenols is 1. The van der Waals surface area contributed by atoms with Gasteiger partial charge in [-0.1, -0.05) is 23.7 Å². The van der Waals surface area contributed by atoms with E-state index in [0.29, 0.717) is 16.5 Å². The van der Waals surface area contributed by atoms with Crippen LogP contribution in [0.15, 0.2) is 67.1 Å². The molecular formula is C18H13ClN4O. The number of hydrogen-bond acceptors (Lipinski definition) is 4. The maximum Gasteiger partial charge on any atom is 0.180 e. The standard InChI is InChI=1S/C18H13ClN4O/c19-13-4-6-14(7-5-13)22-17-18-21-11-16(23(18)9-8-20-17)12-2-1-3-15(24)10-12/h1-11,24H,(H,20,22). The number of aromatic hydroxyl groups is 1. The topological polar surface area (TPSA) is 62.5 Å². The average molecular weight is 337 g/mol. The summed E-state index contributed by atoms with van der Waals surface area (Å²) in [5, 5.41) is 13.6. The van der Waals surface area contributed by atoms with Crippen molar-refractivity contribution in [1.29, 1.82) is 0 Å². The fourth-order valence-electron chi connectivity index (χ4n) is 2.56. The lowest BCUT2D eigenvalue weighted by molar-refractivity contribution is 0.475. The summed E-state index contributed by atoms with van der Waals surface area (Å²) in [5.74, 6) is 0.863. The third-order valence-corrected chi connectivity index (χ3v) is 3.93. The Bertz CT molecular complexity index is 1010. The number of benzene rings is 2. The average Bonchev–Trinajstić information content (AvgIpc) is 3.02. The van der Waals surface area contributed by atoms with Crippen molar-refractivity contribution in [2.24, 2.45) is 0 Å². The lowest BCUT2D eigenvalue weighted by atomic mass is 10.1. The Balaban J connectivity index is 1.77. The Morgan fingerprint density at radius 2 is 1.88 bits per heavy atom. The summed E-state index contributed by atoms with van der Waals surface area (Å²) < 4.78 is 1.93. The molecule has 2 N–H and O–H groups in total. The van der Waals surface area contributed by atoms with Gasteiger partial charge in [0, 0.05) is 28.7 Å². The van der Waals surface area contributed by atoms with E-state index < -0.39 is 0 Å². The van der Waals surface area contributed by atoms with E-state index in [9.17, 15) is 5.11 Å². The molecule has 0 bridgehead atoms. The Hall–Kier alpha value is -3.05. The molecule has 0 atom stereocenters. The maximum atomic E-state index is 9.69. The van der Waals surface area contributed by atoms with E-state index in [4.69, 9.17) is 11.6 Å². The molecule has 2 aromatic carbocycles. The Kier molecular flexibility index (Phi) is 3.55. The van der Waals surface area contributed by atoms with Crippen LogP contribution in [-0.4, -0.2) is 19.5 Å². The van der Waals surface area contributed by atoms with Crippen LogP contribution in [0.3, 0.4) is 0 Å². The Morgan fingerprint density at radius 1 is 1.04 bits per heavy atom. The van der Waals surface area contributed by atoms with E-state index in [2.05, 4.69) is 15.3 Å². The summed E-state index contributed by atoms with van der Waals surface area (Å²) in [7, 11) is 0. The fraction of sp³-hybridized carbons (Fsp3) is 0. The minimum absolute atomic E-state index is 0.219. The molecule has 0 aliphatic heterocycles. The molecule has 0 aliphatic rings. The molecule has 2 heterocycles.